The van der Waals surface area contributed by atoms with Crippen molar-refractivity contribution in [1.82, 2.24) is 15.1 Å². The van der Waals surface area contributed by atoms with Crippen LogP contribution >= 0.6 is 0 Å². The standard InChI is InChI=1S/C22H27N3O2/c1-22(19-12-11-17-9-5-6-10-18(17)15-19)20(26)25(21(27)23-22)16-24-13-7-3-2-4-8-14-24/h5-6,9-12,15H,2-4,7-8,13-14,16H2,1H3,(H,23,27)/t22-/m0/s1. The normalized spacial score (nSPS) is 24.7. The van der Waals surface area contributed by atoms with Gasteiger partial charge in [0, 0.05) is 0 Å². The molecule has 5 nitrogen and oxygen atoms in total. The Balaban J connectivity index is 1.56. The summed E-state index contributed by atoms with van der Waals surface area (Å²) in [5.41, 5.74) is -0.182. The molecule has 2 heterocycles. The maximum atomic E-state index is 13.2. The van der Waals surface area contributed by atoms with Gasteiger partial charge in [0.25, 0.3) is 5.91 Å². The number of urea groups is 1. The minimum atomic E-state index is -1.01. The molecule has 0 radical (unpaired) electrons. The number of fused-ring (bicyclic) bond motifs is 1. The molecule has 2 aromatic rings. The Morgan fingerprint density at radius 2 is 1.59 bits per heavy atom. The Labute approximate surface area is 160 Å². The maximum absolute atomic E-state index is 13.2. The fourth-order valence-corrected chi connectivity index (χ4v) is 4.18. The molecule has 0 saturated carbocycles. The average Bonchev–Trinajstić information content (AvgIpc) is 2.87. The van der Waals surface area contributed by atoms with Crippen LogP contribution < -0.4 is 5.32 Å². The fraction of sp³-hybridized carbons (Fsp3) is 0.455. The molecule has 0 bridgehead atoms. The molecule has 2 saturated heterocycles. The lowest BCUT2D eigenvalue weighted by Gasteiger charge is -2.28. The number of rotatable bonds is 3. The van der Waals surface area contributed by atoms with Crippen LogP contribution in [0.25, 0.3) is 10.8 Å². The molecule has 2 aromatic carbocycles. The molecule has 142 valence electrons. The summed E-state index contributed by atoms with van der Waals surface area (Å²) in [5, 5.41) is 5.13. The summed E-state index contributed by atoms with van der Waals surface area (Å²) in [6.07, 6.45) is 6.01. The van der Waals surface area contributed by atoms with Crippen LogP contribution in [0.2, 0.25) is 0 Å². The van der Waals surface area contributed by atoms with E-state index in [0.29, 0.717) is 6.67 Å². The van der Waals surface area contributed by atoms with Gasteiger partial charge in [-0.15, -0.1) is 0 Å². The van der Waals surface area contributed by atoms with E-state index < -0.39 is 5.54 Å². The van der Waals surface area contributed by atoms with E-state index in [1.807, 2.05) is 49.4 Å². The van der Waals surface area contributed by atoms with Gasteiger partial charge in [0.2, 0.25) is 0 Å². The molecule has 4 rings (SSSR count). The van der Waals surface area contributed by atoms with E-state index in [4.69, 9.17) is 0 Å². The van der Waals surface area contributed by atoms with Gasteiger partial charge in [0.15, 0.2) is 0 Å². The zero-order valence-corrected chi connectivity index (χ0v) is 15.9. The fourth-order valence-electron chi connectivity index (χ4n) is 4.18. The number of nitrogens with one attached hydrogen (secondary N) is 1. The van der Waals surface area contributed by atoms with Gasteiger partial charge >= 0.3 is 6.03 Å². The van der Waals surface area contributed by atoms with Gasteiger partial charge in [-0.25, -0.2) is 9.69 Å². The lowest BCUT2D eigenvalue weighted by Crippen LogP contribution is -2.44. The molecular weight excluding hydrogens is 338 g/mol. The molecule has 27 heavy (non-hydrogen) atoms. The van der Waals surface area contributed by atoms with Crippen molar-refractivity contribution < 1.29 is 9.59 Å². The second-order valence-corrected chi connectivity index (χ2v) is 7.88. The van der Waals surface area contributed by atoms with Crippen molar-refractivity contribution >= 4 is 22.7 Å². The van der Waals surface area contributed by atoms with Gasteiger partial charge in [-0.05, 0) is 55.3 Å². The van der Waals surface area contributed by atoms with Crippen LogP contribution in [0.5, 0.6) is 0 Å². The number of hydrogen-bond acceptors (Lipinski definition) is 3. The summed E-state index contributed by atoms with van der Waals surface area (Å²) in [6, 6.07) is 13.7. The Morgan fingerprint density at radius 3 is 2.33 bits per heavy atom. The van der Waals surface area contributed by atoms with Gasteiger partial charge in [-0.3, -0.25) is 9.69 Å². The number of carbonyl (C=O) groups excluding carboxylic acids is 2. The first kappa shape index (κ1) is 18.0. The number of amides is 3. The van der Waals surface area contributed by atoms with Crippen molar-refractivity contribution in [3.63, 3.8) is 0 Å². The quantitative estimate of drug-likeness (QED) is 0.841. The number of carbonyl (C=O) groups is 2. The lowest BCUT2D eigenvalue weighted by atomic mass is 9.90. The highest BCUT2D eigenvalue weighted by molar-refractivity contribution is 6.07. The predicted molar refractivity (Wildman–Crippen MR) is 106 cm³/mol. The summed E-state index contributed by atoms with van der Waals surface area (Å²) < 4.78 is 0. The van der Waals surface area contributed by atoms with E-state index in [-0.39, 0.29) is 11.9 Å². The lowest BCUT2D eigenvalue weighted by molar-refractivity contribution is -0.132. The summed E-state index contributed by atoms with van der Waals surface area (Å²) in [5.74, 6) is -0.162. The van der Waals surface area contributed by atoms with Crippen LogP contribution in [-0.4, -0.2) is 41.5 Å². The van der Waals surface area contributed by atoms with Gasteiger partial charge < -0.3 is 5.32 Å². The molecule has 2 aliphatic heterocycles. The topological polar surface area (TPSA) is 52.7 Å². The highest BCUT2D eigenvalue weighted by Gasteiger charge is 2.49. The van der Waals surface area contributed by atoms with Crippen LogP contribution in [0.15, 0.2) is 42.5 Å². The minimum absolute atomic E-state index is 0.162. The molecule has 0 unspecified atom stereocenters. The van der Waals surface area contributed by atoms with Gasteiger partial charge in [-0.2, -0.15) is 0 Å². The monoisotopic (exact) mass is 365 g/mol. The average molecular weight is 365 g/mol. The minimum Gasteiger partial charge on any atom is -0.319 e. The smallest absolute Gasteiger partial charge is 0.319 e. The van der Waals surface area contributed by atoms with Crippen molar-refractivity contribution in [3.05, 3.63) is 48.0 Å². The van der Waals surface area contributed by atoms with E-state index in [9.17, 15) is 9.59 Å². The Kier molecular flexibility index (Phi) is 4.87. The van der Waals surface area contributed by atoms with Crippen LogP contribution in [0.3, 0.4) is 0 Å². The molecular formula is C22H27N3O2. The largest absolute Gasteiger partial charge is 0.326 e. The first-order valence-electron chi connectivity index (χ1n) is 9.94. The zero-order valence-electron chi connectivity index (χ0n) is 15.9. The second-order valence-electron chi connectivity index (χ2n) is 7.88. The first-order chi connectivity index (χ1) is 13.1. The Morgan fingerprint density at radius 1 is 0.926 bits per heavy atom. The SMILES string of the molecule is C[C@@]1(c2ccc3ccccc3c2)NC(=O)N(CN2CCCCCCC2)C1=O. The molecule has 1 N–H and O–H groups in total. The van der Waals surface area contributed by atoms with E-state index >= 15 is 0 Å². The van der Waals surface area contributed by atoms with E-state index in [2.05, 4.69) is 10.2 Å². The third-order valence-corrected chi connectivity index (χ3v) is 5.89. The predicted octanol–water partition coefficient (Wildman–Crippen LogP) is 3.83. The Bertz CT molecular complexity index is 858. The molecule has 0 aromatic heterocycles. The number of benzene rings is 2. The number of likely N-dealkylation sites (tertiary alicyclic amines) is 1. The van der Waals surface area contributed by atoms with Crippen molar-refractivity contribution in [1.29, 1.82) is 0 Å². The highest BCUT2D eigenvalue weighted by atomic mass is 16.2. The van der Waals surface area contributed by atoms with Gasteiger partial charge in [0.1, 0.15) is 5.54 Å². The summed E-state index contributed by atoms with van der Waals surface area (Å²) in [4.78, 5) is 29.5. The van der Waals surface area contributed by atoms with E-state index in [0.717, 1.165) is 42.3 Å². The van der Waals surface area contributed by atoms with Crippen LogP contribution in [0.1, 0.15) is 44.6 Å². The summed E-state index contributed by atoms with van der Waals surface area (Å²) >= 11 is 0. The zero-order chi connectivity index (χ0) is 18.9. The van der Waals surface area contributed by atoms with Crippen molar-refractivity contribution in [2.75, 3.05) is 19.8 Å². The summed E-state index contributed by atoms with van der Waals surface area (Å²) in [6.45, 7) is 4.09. The van der Waals surface area contributed by atoms with Gasteiger partial charge in [-0.1, -0.05) is 55.7 Å². The molecule has 1 atom stereocenters. The Hall–Kier alpha value is -2.40. The molecule has 2 aliphatic rings. The van der Waals surface area contributed by atoms with Crippen LogP contribution in [0.4, 0.5) is 4.79 Å². The van der Waals surface area contributed by atoms with Crippen molar-refractivity contribution in [2.24, 2.45) is 0 Å². The molecule has 2 fully saturated rings. The van der Waals surface area contributed by atoms with E-state index in [1.165, 1.54) is 24.2 Å². The molecule has 0 aliphatic carbocycles. The van der Waals surface area contributed by atoms with Crippen molar-refractivity contribution in [2.45, 2.75) is 44.6 Å². The second kappa shape index (κ2) is 7.31. The molecule has 0 spiro atoms. The maximum Gasteiger partial charge on any atom is 0.326 e. The van der Waals surface area contributed by atoms with Crippen LogP contribution in [-0.2, 0) is 10.3 Å². The third kappa shape index (κ3) is 3.44. The first-order valence-corrected chi connectivity index (χ1v) is 9.94. The van der Waals surface area contributed by atoms with E-state index in [1.54, 1.807) is 0 Å². The van der Waals surface area contributed by atoms with Crippen LogP contribution in [0, 0.1) is 0 Å². The summed E-state index contributed by atoms with van der Waals surface area (Å²) in [7, 11) is 0. The van der Waals surface area contributed by atoms with Gasteiger partial charge in [0.05, 0.1) is 6.67 Å². The number of hydrogen-bond donors (Lipinski definition) is 1. The molecule has 5 heteroatoms. The molecule has 3 amide bonds. The van der Waals surface area contributed by atoms with Crippen molar-refractivity contribution in [3.8, 4) is 0 Å². The third-order valence-electron chi connectivity index (χ3n) is 5.89. The number of imide groups is 1. The number of nitrogens with zero attached hydrogens (tertiary/aromatic N) is 2. The highest BCUT2D eigenvalue weighted by Crippen LogP contribution is 2.31.